The van der Waals surface area contributed by atoms with Gasteiger partial charge in [-0.15, -0.1) is 0 Å². The van der Waals surface area contributed by atoms with Gasteiger partial charge in [0.1, 0.15) is 11.6 Å². The van der Waals surface area contributed by atoms with Crippen molar-refractivity contribution in [2.45, 2.75) is 26.5 Å². The SMILES string of the molecule is COc1cc(C)c(-c2cnc(CS)[nH]2)c(C)c1C. The molecule has 0 aliphatic rings. The van der Waals surface area contributed by atoms with Crippen molar-refractivity contribution in [2.24, 2.45) is 0 Å². The van der Waals surface area contributed by atoms with Crippen LogP contribution in [-0.2, 0) is 5.75 Å². The van der Waals surface area contributed by atoms with E-state index in [0.717, 1.165) is 17.3 Å². The molecule has 0 fully saturated rings. The molecule has 0 unspecified atom stereocenters. The number of nitrogens with one attached hydrogen (secondary N) is 1. The van der Waals surface area contributed by atoms with Gasteiger partial charge >= 0.3 is 0 Å². The van der Waals surface area contributed by atoms with E-state index in [4.69, 9.17) is 4.74 Å². The lowest BCUT2D eigenvalue weighted by Gasteiger charge is -2.14. The Morgan fingerprint density at radius 2 is 2.00 bits per heavy atom. The van der Waals surface area contributed by atoms with Gasteiger partial charge in [0.2, 0.25) is 0 Å². The zero-order valence-corrected chi connectivity index (χ0v) is 12.1. The van der Waals surface area contributed by atoms with Crippen LogP contribution in [0.4, 0.5) is 0 Å². The van der Waals surface area contributed by atoms with Gasteiger partial charge in [-0.05, 0) is 43.5 Å². The van der Waals surface area contributed by atoms with Crippen LogP contribution in [0.3, 0.4) is 0 Å². The highest BCUT2D eigenvalue weighted by molar-refractivity contribution is 7.79. The van der Waals surface area contributed by atoms with Crippen LogP contribution < -0.4 is 4.74 Å². The fraction of sp³-hybridized carbons (Fsp3) is 0.357. The number of aromatic nitrogens is 2. The van der Waals surface area contributed by atoms with Crippen molar-refractivity contribution < 1.29 is 4.74 Å². The molecule has 2 aromatic rings. The quantitative estimate of drug-likeness (QED) is 0.832. The second-order valence-electron chi connectivity index (χ2n) is 4.42. The van der Waals surface area contributed by atoms with Gasteiger partial charge in [0.05, 0.1) is 19.0 Å². The molecule has 0 aliphatic carbocycles. The van der Waals surface area contributed by atoms with Gasteiger partial charge in [0.25, 0.3) is 0 Å². The molecule has 2 rings (SSSR count). The number of methoxy groups -OCH3 is 1. The van der Waals surface area contributed by atoms with Crippen LogP contribution in [0.2, 0.25) is 0 Å². The molecule has 1 N–H and O–H groups in total. The predicted octanol–water partition coefficient (Wildman–Crippen LogP) is 3.44. The minimum absolute atomic E-state index is 0.618. The number of aromatic amines is 1. The molecule has 0 bridgehead atoms. The number of benzene rings is 1. The molecule has 1 aromatic heterocycles. The maximum Gasteiger partial charge on any atom is 0.122 e. The fourth-order valence-electron chi connectivity index (χ4n) is 2.24. The van der Waals surface area contributed by atoms with Gasteiger partial charge in [-0.1, -0.05) is 0 Å². The van der Waals surface area contributed by atoms with E-state index < -0.39 is 0 Å². The van der Waals surface area contributed by atoms with Crippen LogP contribution in [0.1, 0.15) is 22.5 Å². The van der Waals surface area contributed by atoms with E-state index >= 15 is 0 Å². The number of aryl methyl sites for hydroxylation is 1. The number of ether oxygens (including phenoxy) is 1. The lowest BCUT2D eigenvalue weighted by atomic mass is 9.95. The third-order valence-corrected chi connectivity index (χ3v) is 3.62. The predicted molar refractivity (Wildman–Crippen MR) is 77.5 cm³/mol. The first-order valence-corrected chi connectivity index (χ1v) is 6.51. The van der Waals surface area contributed by atoms with Crippen LogP contribution >= 0.6 is 12.6 Å². The second-order valence-corrected chi connectivity index (χ2v) is 4.74. The Morgan fingerprint density at radius 1 is 1.28 bits per heavy atom. The highest BCUT2D eigenvalue weighted by Gasteiger charge is 2.13. The molecular formula is C14H18N2OS. The van der Waals surface area contributed by atoms with Gasteiger partial charge in [-0.2, -0.15) is 12.6 Å². The van der Waals surface area contributed by atoms with Crippen LogP contribution in [0.5, 0.6) is 5.75 Å². The second kappa shape index (κ2) is 5.06. The highest BCUT2D eigenvalue weighted by Crippen LogP contribution is 2.33. The maximum absolute atomic E-state index is 5.39. The van der Waals surface area contributed by atoms with E-state index in [9.17, 15) is 0 Å². The molecule has 0 spiro atoms. The summed E-state index contributed by atoms with van der Waals surface area (Å²) in [7, 11) is 1.70. The van der Waals surface area contributed by atoms with Gasteiger partial charge in [0.15, 0.2) is 0 Å². The van der Waals surface area contributed by atoms with Crippen molar-refractivity contribution in [3.05, 3.63) is 34.8 Å². The van der Waals surface area contributed by atoms with Crippen LogP contribution in [0.25, 0.3) is 11.3 Å². The largest absolute Gasteiger partial charge is 0.496 e. The molecule has 4 heteroatoms. The van der Waals surface area contributed by atoms with Crippen LogP contribution in [0.15, 0.2) is 12.3 Å². The first-order valence-electron chi connectivity index (χ1n) is 5.88. The molecule has 0 aliphatic heterocycles. The lowest BCUT2D eigenvalue weighted by molar-refractivity contribution is 0.411. The number of rotatable bonds is 3. The maximum atomic E-state index is 5.39. The van der Waals surface area contributed by atoms with Crippen molar-refractivity contribution in [1.29, 1.82) is 0 Å². The van der Waals surface area contributed by atoms with E-state index in [0.29, 0.717) is 5.75 Å². The summed E-state index contributed by atoms with van der Waals surface area (Å²) in [5.41, 5.74) is 5.82. The summed E-state index contributed by atoms with van der Waals surface area (Å²) in [4.78, 5) is 7.60. The standard InChI is InChI=1S/C14H18N2OS/c1-8-5-12(17-4)9(2)10(3)14(8)11-6-15-13(7-18)16-11/h5-6,18H,7H2,1-4H3,(H,15,16). The Labute approximate surface area is 113 Å². The van der Waals surface area contributed by atoms with E-state index in [1.165, 1.54) is 22.3 Å². The van der Waals surface area contributed by atoms with Crippen LogP contribution in [0, 0.1) is 20.8 Å². The van der Waals surface area contributed by atoms with Gasteiger partial charge in [-0.3, -0.25) is 0 Å². The average Bonchev–Trinajstić information content (AvgIpc) is 2.82. The fourth-order valence-corrected chi connectivity index (χ4v) is 2.40. The minimum Gasteiger partial charge on any atom is -0.496 e. The third kappa shape index (κ3) is 2.12. The molecule has 0 saturated heterocycles. The Bertz CT molecular complexity index is 575. The topological polar surface area (TPSA) is 37.9 Å². The van der Waals surface area contributed by atoms with Gasteiger partial charge in [-0.25, -0.2) is 4.98 Å². The Balaban J connectivity index is 2.60. The van der Waals surface area contributed by atoms with E-state index in [1.807, 2.05) is 6.20 Å². The molecule has 96 valence electrons. The van der Waals surface area contributed by atoms with E-state index in [1.54, 1.807) is 7.11 Å². The normalized spacial score (nSPS) is 10.7. The van der Waals surface area contributed by atoms with Gasteiger partial charge in [0, 0.05) is 11.3 Å². The molecule has 0 saturated carbocycles. The summed E-state index contributed by atoms with van der Waals surface area (Å²) in [6.45, 7) is 6.28. The molecule has 18 heavy (non-hydrogen) atoms. The van der Waals surface area contributed by atoms with Crippen molar-refractivity contribution >= 4 is 12.6 Å². The third-order valence-electron chi connectivity index (χ3n) is 3.32. The van der Waals surface area contributed by atoms with E-state index in [-0.39, 0.29) is 0 Å². The summed E-state index contributed by atoms with van der Waals surface area (Å²) in [6, 6.07) is 2.07. The molecule has 0 amide bonds. The highest BCUT2D eigenvalue weighted by atomic mass is 32.1. The number of H-pyrrole nitrogens is 1. The van der Waals surface area contributed by atoms with Crippen LogP contribution in [-0.4, -0.2) is 17.1 Å². The molecule has 1 aromatic carbocycles. The lowest BCUT2D eigenvalue weighted by Crippen LogP contribution is -1.96. The van der Waals surface area contributed by atoms with Crippen molar-refractivity contribution in [3.8, 4) is 17.0 Å². The van der Waals surface area contributed by atoms with Crippen molar-refractivity contribution in [2.75, 3.05) is 7.11 Å². The zero-order valence-electron chi connectivity index (χ0n) is 11.2. The number of thiol groups is 1. The first-order chi connectivity index (χ1) is 8.58. The minimum atomic E-state index is 0.618. The first kappa shape index (κ1) is 13.0. The van der Waals surface area contributed by atoms with Gasteiger partial charge < -0.3 is 9.72 Å². The smallest absolute Gasteiger partial charge is 0.122 e. The molecular weight excluding hydrogens is 244 g/mol. The molecule has 3 nitrogen and oxygen atoms in total. The van der Waals surface area contributed by atoms with E-state index in [2.05, 4.69) is 49.4 Å². The Kier molecular flexibility index (Phi) is 3.66. The Hall–Kier alpha value is -1.42. The number of hydrogen-bond donors (Lipinski definition) is 2. The average molecular weight is 262 g/mol. The molecule has 0 radical (unpaired) electrons. The summed E-state index contributed by atoms with van der Waals surface area (Å²) in [5, 5.41) is 0. The summed E-state index contributed by atoms with van der Waals surface area (Å²) in [5.74, 6) is 2.44. The molecule has 0 atom stereocenters. The number of hydrogen-bond acceptors (Lipinski definition) is 3. The van der Waals surface area contributed by atoms with Crippen molar-refractivity contribution in [3.63, 3.8) is 0 Å². The zero-order chi connectivity index (χ0) is 13.3. The number of nitrogens with zero attached hydrogens (tertiary/aromatic N) is 1. The summed E-state index contributed by atoms with van der Waals surface area (Å²) < 4.78 is 5.39. The Morgan fingerprint density at radius 3 is 2.56 bits per heavy atom. The summed E-state index contributed by atoms with van der Waals surface area (Å²) >= 11 is 4.23. The van der Waals surface area contributed by atoms with Crippen molar-refractivity contribution in [1.82, 2.24) is 9.97 Å². The summed E-state index contributed by atoms with van der Waals surface area (Å²) in [6.07, 6.45) is 1.87. The number of imidazole rings is 1. The molecule has 1 heterocycles. The monoisotopic (exact) mass is 262 g/mol.